The molecule has 0 aliphatic carbocycles. The maximum Gasteiger partial charge on any atom is 0.244 e. The first kappa shape index (κ1) is 14.2. The van der Waals surface area contributed by atoms with Crippen molar-refractivity contribution >= 4 is 11.6 Å². The van der Waals surface area contributed by atoms with Gasteiger partial charge in [0.1, 0.15) is 12.7 Å². The van der Waals surface area contributed by atoms with Crippen LogP contribution in [0.2, 0.25) is 0 Å². The molecular weight excluding hydrogens is 254 g/mol. The first-order valence-corrected chi connectivity index (χ1v) is 6.54. The number of benzene rings is 1. The zero-order valence-electron chi connectivity index (χ0n) is 11.9. The first-order valence-electron chi connectivity index (χ1n) is 6.54. The Morgan fingerprint density at radius 1 is 1.30 bits per heavy atom. The van der Waals surface area contributed by atoms with E-state index in [0.29, 0.717) is 0 Å². The molecule has 0 aliphatic rings. The zero-order valence-corrected chi connectivity index (χ0v) is 11.9. The average Bonchev–Trinajstić information content (AvgIpc) is 2.93. The Balaban J connectivity index is 2.14. The van der Waals surface area contributed by atoms with Gasteiger partial charge in [0.05, 0.1) is 11.2 Å². The standard InChI is InChI=1S/C14H19N5O/c1-4-15-14(2,3)13(20)18-11-6-5-7-12(8-11)19-9-16-17-10-19/h5-10,15H,4H2,1-3H3,(H,18,20). The maximum absolute atomic E-state index is 12.2. The van der Waals surface area contributed by atoms with Crippen molar-refractivity contribution in [3.8, 4) is 5.69 Å². The van der Waals surface area contributed by atoms with E-state index < -0.39 is 5.54 Å². The summed E-state index contributed by atoms with van der Waals surface area (Å²) in [6.07, 6.45) is 3.23. The fourth-order valence-corrected chi connectivity index (χ4v) is 1.89. The second-order valence-electron chi connectivity index (χ2n) is 5.03. The van der Waals surface area contributed by atoms with Gasteiger partial charge in [-0.05, 0) is 38.6 Å². The summed E-state index contributed by atoms with van der Waals surface area (Å²) in [5.74, 6) is -0.0692. The third-order valence-corrected chi connectivity index (χ3v) is 3.01. The number of nitrogens with one attached hydrogen (secondary N) is 2. The molecular formula is C14H19N5O. The van der Waals surface area contributed by atoms with Crippen LogP contribution in [0.4, 0.5) is 5.69 Å². The van der Waals surface area contributed by atoms with Crippen molar-refractivity contribution in [3.63, 3.8) is 0 Å². The topological polar surface area (TPSA) is 71.8 Å². The molecule has 0 aliphatic heterocycles. The fourth-order valence-electron chi connectivity index (χ4n) is 1.89. The van der Waals surface area contributed by atoms with Crippen LogP contribution in [-0.2, 0) is 4.79 Å². The van der Waals surface area contributed by atoms with E-state index in [2.05, 4.69) is 20.8 Å². The van der Waals surface area contributed by atoms with Crippen LogP contribution >= 0.6 is 0 Å². The lowest BCUT2D eigenvalue weighted by molar-refractivity contribution is -0.121. The summed E-state index contributed by atoms with van der Waals surface area (Å²) in [7, 11) is 0. The Hall–Kier alpha value is -2.21. The first-order chi connectivity index (χ1) is 9.53. The van der Waals surface area contributed by atoms with Gasteiger partial charge in [-0.15, -0.1) is 10.2 Å². The highest BCUT2D eigenvalue weighted by Gasteiger charge is 2.26. The molecule has 0 spiro atoms. The zero-order chi connectivity index (χ0) is 14.6. The minimum absolute atomic E-state index is 0.0692. The van der Waals surface area contributed by atoms with Gasteiger partial charge in [-0.25, -0.2) is 0 Å². The second-order valence-corrected chi connectivity index (χ2v) is 5.03. The number of likely N-dealkylation sites (N-methyl/N-ethyl adjacent to an activating group) is 1. The number of amides is 1. The van der Waals surface area contributed by atoms with Gasteiger partial charge in [0, 0.05) is 5.69 Å². The molecule has 0 radical (unpaired) electrons. The third-order valence-electron chi connectivity index (χ3n) is 3.01. The lowest BCUT2D eigenvalue weighted by Gasteiger charge is -2.24. The van der Waals surface area contributed by atoms with Crippen LogP contribution < -0.4 is 10.6 Å². The molecule has 0 saturated heterocycles. The van der Waals surface area contributed by atoms with Crippen LogP contribution in [0.3, 0.4) is 0 Å². The molecule has 2 rings (SSSR count). The van der Waals surface area contributed by atoms with Crippen molar-refractivity contribution in [2.24, 2.45) is 0 Å². The monoisotopic (exact) mass is 273 g/mol. The summed E-state index contributed by atoms with van der Waals surface area (Å²) in [4.78, 5) is 12.2. The van der Waals surface area contributed by atoms with Crippen LogP contribution in [0.25, 0.3) is 5.69 Å². The summed E-state index contributed by atoms with van der Waals surface area (Å²) in [5.41, 5.74) is 1.03. The Morgan fingerprint density at radius 3 is 2.65 bits per heavy atom. The minimum Gasteiger partial charge on any atom is -0.324 e. The number of carbonyl (C=O) groups is 1. The summed E-state index contributed by atoms with van der Waals surface area (Å²) >= 11 is 0. The number of anilines is 1. The van der Waals surface area contributed by atoms with Crippen LogP contribution in [-0.4, -0.2) is 32.8 Å². The van der Waals surface area contributed by atoms with Crippen LogP contribution in [0.1, 0.15) is 20.8 Å². The molecule has 0 atom stereocenters. The van der Waals surface area contributed by atoms with Crippen molar-refractivity contribution in [1.82, 2.24) is 20.1 Å². The molecule has 106 valence electrons. The highest BCUT2D eigenvalue weighted by molar-refractivity contribution is 5.97. The molecule has 0 bridgehead atoms. The number of nitrogens with zero attached hydrogens (tertiary/aromatic N) is 3. The maximum atomic E-state index is 12.2. The van der Waals surface area contributed by atoms with Gasteiger partial charge in [0.2, 0.25) is 5.91 Å². The van der Waals surface area contributed by atoms with Crippen molar-refractivity contribution in [1.29, 1.82) is 0 Å². The molecule has 1 aromatic heterocycles. The van der Waals surface area contributed by atoms with Crippen LogP contribution in [0.15, 0.2) is 36.9 Å². The molecule has 2 N–H and O–H groups in total. The Bertz CT molecular complexity index is 577. The van der Waals surface area contributed by atoms with Gasteiger partial charge >= 0.3 is 0 Å². The molecule has 2 aromatic rings. The smallest absolute Gasteiger partial charge is 0.244 e. The Morgan fingerprint density at radius 2 is 2.00 bits per heavy atom. The number of hydrogen-bond donors (Lipinski definition) is 2. The largest absolute Gasteiger partial charge is 0.324 e. The summed E-state index contributed by atoms with van der Waals surface area (Å²) < 4.78 is 1.78. The summed E-state index contributed by atoms with van der Waals surface area (Å²) in [6, 6.07) is 7.54. The van der Waals surface area contributed by atoms with Crippen molar-refractivity contribution in [3.05, 3.63) is 36.9 Å². The predicted molar refractivity (Wildman–Crippen MR) is 77.7 cm³/mol. The van der Waals surface area contributed by atoms with E-state index in [1.165, 1.54) is 0 Å². The summed E-state index contributed by atoms with van der Waals surface area (Å²) in [5, 5.41) is 13.6. The lowest BCUT2D eigenvalue weighted by atomic mass is 10.0. The van der Waals surface area contributed by atoms with E-state index >= 15 is 0 Å². The molecule has 1 aromatic carbocycles. The van der Waals surface area contributed by atoms with Crippen molar-refractivity contribution in [2.75, 3.05) is 11.9 Å². The SMILES string of the molecule is CCNC(C)(C)C(=O)Nc1cccc(-n2cnnc2)c1. The second kappa shape index (κ2) is 5.83. The van der Waals surface area contributed by atoms with Gasteiger partial charge in [-0.3, -0.25) is 9.36 Å². The molecule has 20 heavy (non-hydrogen) atoms. The van der Waals surface area contributed by atoms with Gasteiger partial charge in [0.25, 0.3) is 0 Å². The minimum atomic E-state index is -0.610. The summed E-state index contributed by atoms with van der Waals surface area (Å²) in [6.45, 7) is 6.42. The third kappa shape index (κ3) is 3.21. The van der Waals surface area contributed by atoms with Gasteiger partial charge in [-0.1, -0.05) is 13.0 Å². The van der Waals surface area contributed by atoms with E-state index in [9.17, 15) is 4.79 Å². The number of hydrogen-bond acceptors (Lipinski definition) is 4. The van der Waals surface area contributed by atoms with Crippen LogP contribution in [0.5, 0.6) is 0 Å². The molecule has 0 saturated carbocycles. The quantitative estimate of drug-likeness (QED) is 0.868. The highest BCUT2D eigenvalue weighted by atomic mass is 16.2. The molecule has 1 amide bonds. The van der Waals surface area contributed by atoms with E-state index in [4.69, 9.17) is 0 Å². The molecule has 0 fully saturated rings. The number of rotatable bonds is 5. The van der Waals surface area contributed by atoms with Gasteiger partial charge in [0.15, 0.2) is 0 Å². The van der Waals surface area contributed by atoms with Gasteiger partial charge < -0.3 is 10.6 Å². The lowest BCUT2D eigenvalue weighted by Crippen LogP contribution is -2.49. The molecule has 1 heterocycles. The fraction of sp³-hybridized carbons (Fsp3) is 0.357. The predicted octanol–water partition coefficient (Wildman–Crippen LogP) is 1.59. The van der Waals surface area contributed by atoms with E-state index in [1.807, 2.05) is 45.0 Å². The Kier molecular flexibility index (Phi) is 4.14. The van der Waals surface area contributed by atoms with E-state index in [-0.39, 0.29) is 5.91 Å². The molecule has 6 heteroatoms. The van der Waals surface area contributed by atoms with E-state index in [1.54, 1.807) is 17.2 Å². The van der Waals surface area contributed by atoms with E-state index in [0.717, 1.165) is 17.9 Å². The van der Waals surface area contributed by atoms with Crippen molar-refractivity contribution in [2.45, 2.75) is 26.3 Å². The van der Waals surface area contributed by atoms with Crippen molar-refractivity contribution < 1.29 is 4.79 Å². The number of carbonyl (C=O) groups excluding carboxylic acids is 1. The normalized spacial score (nSPS) is 11.3. The average molecular weight is 273 g/mol. The molecule has 0 unspecified atom stereocenters. The number of aromatic nitrogens is 3. The van der Waals surface area contributed by atoms with Crippen LogP contribution in [0, 0.1) is 0 Å². The Labute approximate surface area is 118 Å². The molecule has 6 nitrogen and oxygen atoms in total. The highest BCUT2D eigenvalue weighted by Crippen LogP contribution is 2.15. The van der Waals surface area contributed by atoms with Gasteiger partial charge in [-0.2, -0.15) is 0 Å².